The molecule has 2 aromatic heterocycles. The molecule has 76 valence electrons. The van der Waals surface area contributed by atoms with Crippen molar-refractivity contribution in [3.05, 3.63) is 30.6 Å². The molecule has 0 unspecified atom stereocenters. The first-order valence-corrected chi connectivity index (χ1v) is 5.61. The van der Waals surface area contributed by atoms with Crippen molar-refractivity contribution < 1.29 is 0 Å². The third-order valence-electron chi connectivity index (χ3n) is 1.91. The van der Waals surface area contributed by atoms with Crippen LogP contribution in [0, 0.1) is 0 Å². The van der Waals surface area contributed by atoms with E-state index in [0.717, 1.165) is 16.3 Å². The van der Waals surface area contributed by atoms with Gasteiger partial charge in [-0.15, -0.1) is 11.8 Å². The van der Waals surface area contributed by atoms with Crippen LogP contribution in [0.4, 0.5) is 5.95 Å². The summed E-state index contributed by atoms with van der Waals surface area (Å²) in [6.45, 7) is 0. The molecule has 4 nitrogen and oxygen atoms in total. The van der Waals surface area contributed by atoms with Crippen LogP contribution in [0.1, 0.15) is 0 Å². The predicted octanol–water partition coefficient (Wildman–Crippen LogP) is 1.84. The molecule has 0 amide bonds. The van der Waals surface area contributed by atoms with Crippen molar-refractivity contribution in [2.24, 2.45) is 0 Å². The first-order valence-electron chi connectivity index (χ1n) is 4.38. The third-order valence-corrected chi connectivity index (χ3v) is 2.53. The highest BCUT2D eigenvalue weighted by molar-refractivity contribution is 7.98. The van der Waals surface area contributed by atoms with Crippen molar-refractivity contribution in [2.75, 3.05) is 12.0 Å². The zero-order valence-electron chi connectivity index (χ0n) is 8.21. The monoisotopic (exact) mass is 218 g/mol. The largest absolute Gasteiger partial charge is 0.368 e. The molecular formula is C10H10N4S. The van der Waals surface area contributed by atoms with Gasteiger partial charge in [0.05, 0.1) is 5.69 Å². The molecule has 2 aromatic rings. The molecule has 5 heteroatoms. The molecule has 0 bridgehead atoms. The smallest absolute Gasteiger partial charge is 0.221 e. The van der Waals surface area contributed by atoms with Crippen LogP contribution in [0.3, 0.4) is 0 Å². The van der Waals surface area contributed by atoms with Crippen LogP contribution in [-0.4, -0.2) is 21.2 Å². The summed E-state index contributed by atoms with van der Waals surface area (Å²) in [5.41, 5.74) is 7.44. The lowest BCUT2D eigenvalue weighted by molar-refractivity contribution is 1.07. The second kappa shape index (κ2) is 4.27. The highest BCUT2D eigenvalue weighted by atomic mass is 32.2. The molecule has 0 aliphatic heterocycles. The summed E-state index contributed by atoms with van der Waals surface area (Å²) in [7, 11) is 0. The Morgan fingerprint density at radius 2 is 1.93 bits per heavy atom. The van der Waals surface area contributed by atoms with Crippen molar-refractivity contribution >= 4 is 17.7 Å². The normalized spacial score (nSPS) is 10.2. The van der Waals surface area contributed by atoms with E-state index in [1.54, 1.807) is 24.2 Å². The molecule has 0 saturated heterocycles. The highest BCUT2D eigenvalue weighted by Gasteiger charge is 2.03. The Morgan fingerprint density at radius 3 is 2.60 bits per heavy atom. The van der Waals surface area contributed by atoms with Gasteiger partial charge in [0.2, 0.25) is 5.95 Å². The van der Waals surface area contributed by atoms with Gasteiger partial charge >= 0.3 is 0 Å². The van der Waals surface area contributed by atoms with E-state index >= 15 is 0 Å². The second-order valence-corrected chi connectivity index (χ2v) is 3.72. The summed E-state index contributed by atoms with van der Waals surface area (Å²) in [5.74, 6) is 0.300. The highest BCUT2D eigenvalue weighted by Crippen LogP contribution is 2.21. The standard InChI is InChI=1S/C10H10N4S/c1-15-9-6-8(13-10(11)14-9)7-2-4-12-5-3-7/h2-6H,1H3,(H2,11,13,14). The van der Waals surface area contributed by atoms with Crippen LogP contribution in [0.5, 0.6) is 0 Å². The van der Waals surface area contributed by atoms with Gasteiger partial charge in [0.15, 0.2) is 0 Å². The van der Waals surface area contributed by atoms with Crippen molar-refractivity contribution in [1.82, 2.24) is 15.0 Å². The van der Waals surface area contributed by atoms with Gasteiger partial charge in [-0.2, -0.15) is 0 Å². The van der Waals surface area contributed by atoms with Gasteiger partial charge in [0, 0.05) is 18.0 Å². The van der Waals surface area contributed by atoms with E-state index in [1.807, 2.05) is 24.5 Å². The van der Waals surface area contributed by atoms with Gasteiger partial charge in [-0.3, -0.25) is 4.98 Å². The summed E-state index contributed by atoms with van der Waals surface area (Å²) >= 11 is 1.55. The maximum atomic E-state index is 5.62. The molecule has 0 aliphatic carbocycles. The summed E-state index contributed by atoms with van der Waals surface area (Å²) in [6, 6.07) is 5.70. The Kier molecular flexibility index (Phi) is 2.82. The van der Waals surface area contributed by atoms with E-state index in [2.05, 4.69) is 15.0 Å². The summed E-state index contributed by atoms with van der Waals surface area (Å²) < 4.78 is 0. The van der Waals surface area contributed by atoms with E-state index in [1.165, 1.54) is 0 Å². The average Bonchev–Trinajstić information content (AvgIpc) is 2.29. The van der Waals surface area contributed by atoms with Gasteiger partial charge in [-0.25, -0.2) is 9.97 Å². The quantitative estimate of drug-likeness (QED) is 0.615. The molecule has 0 fully saturated rings. The lowest BCUT2D eigenvalue weighted by Gasteiger charge is -2.03. The molecule has 2 heterocycles. The summed E-state index contributed by atoms with van der Waals surface area (Å²) in [6.07, 6.45) is 5.41. The lowest BCUT2D eigenvalue weighted by atomic mass is 10.2. The van der Waals surface area contributed by atoms with E-state index in [0.29, 0.717) is 5.95 Å². The minimum absolute atomic E-state index is 0.300. The number of pyridine rings is 1. The van der Waals surface area contributed by atoms with E-state index < -0.39 is 0 Å². The van der Waals surface area contributed by atoms with Crippen molar-refractivity contribution in [3.63, 3.8) is 0 Å². The number of hydrogen-bond donors (Lipinski definition) is 1. The molecule has 0 spiro atoms. The fraction of sp³-hybridized carbons (Fsp3) is 0.100. The first kappa shape index (κ1) is 9.92. The minimum Gasteiger partial charge on any atom is -0.368 e. The Morgan fingerprint density at radius 1 is 1.20 bits per heavy atom. The predicted molar refractivity (Wildman–Crippen MR) is 61.5 cm³/mol. The summed E-state index contributed by atoms with van der Waals surface area (Å²) in [4.78, 5) is 12.2. The minimum atomic E-state index is 0.300. The number of nitrogen functional groups attached to an aromatic ring is 1. The molecule has 0 aromatic carbocycles. The van der Waals surface area contributed by atoms with Gasteiger partial charge < -0.3 is 5.73 Å². The number of aromatic nitrogens is 3. The number of hydrogen-bond acceptors (Lipinski definition) is 5. The maximum absolute atomic E-state index is 5.62. The number of thioether (sulfide) groups is 1. The van der Waals surface area contributed by atoms with E-state index in [9.17, 15) is 0 Å². The molecule has 0 atom stereocenters. The zero-order valence-corrected chi connectivity index (χ0v) is 9.03. The zero-order chi connectivity index (χ0) is 10.7. The maximum Gasteiger partial charge on any atom is 0.221 e. The fourth-order valence-corrected chi connectivity index (χ4v) is 1.63. The Bertz CT molecular complexity index is 458. The average molecular weight is 218 g/mol. The Hall–Kier alpha value is -1.62. The first-order chi connectivity index (χ1) is 7.29. The second-order valence-electron chi connectivity index (χ2n) is 2.89. The van der Waals surface area contributed by atoms with Gasteiger partial charge in [-0.1, -0.05) is 0 Å². The third kappa shape index (κ3) is 2.24. The van der Waals surface area contributed by atoms with E-state index in [-0.39, 0.29) is 0 Å². The van der Waals surface area contributed by atoms with Gasteiger partial charge in [0.1, 0.15) is 5.03 Å². The number of nitrogens with two attached hydrogens (primary N) is 1. The van der Waals surface area contributed by atoms with Crippen LogP contribution in [-0.2, 0) is 0 Å². The lowest BCUT2D eigenvalue weighted by Crippen LogP contribution is -1.97. The van der Waals surface area contributed by atoms with Crippen LogP contribution in [0.2, 0.25) is 0 Å². The Balaban J connectivity index is 2.49. The van der Waals surface area contributed by atoms with E-state index in [4.69, 9.17) is 5.73 Å². The number of rotatable bonds is 2. The summed E-state index contributed by atoms with van der Waals surface area (Å²) in [5, 5.41) is 0.870. The van der Waals surface area contributed by atoms with Crippen LogP contribution in [0.25, 0.3) is 11.3 Å². The molecule has 2 N–H and O–H groups in total. The van der Waals surface area contributed by atoms with Crippen LogP contribution >= 0.6 is 11.8 Å². The topological polar surface area (TPSA) is 64.7 Å². The molecular weight excluding hydrogens is 208 g/mol. The number of anilines is 1. The van der Waals surface area contributed by atoms with Crippen molar-refractivity contribution in [3.8, 4) is 11.3 Å². The van der Waals surface area contributed by atoms with Crippen LogP contribution in [0.15, 0.2) is 35.6 Å². The Labute approximate surface area is 92.0 Å². The molecule has 0 radical (unpaired) electrons. The number of nitrogens with zero attached hydrogens (tertiary/aromatic N) is 3. The van der Waals surface area contributed by atoms with Gasteiger partial charge in [-0.05, 0) is 24.5 Å². The molecule has 0 aliphatic rings. The molecule has 15 heavy (non-hydrogen) atoms. The SMILES string of the molecule is CSc1cc(-c2ccncc2)nc(N)n1. The molecule has 2 rings (SSSR count). The van der Waals surface area contributed by atoms with Crippen molar-refractivity contribution in [1.29, 1.82) is 0 Å². The van der Waals surface area contributed by atoms with Crippen molar-refractivity contribution in [2.45, 2.75) is 5.03 Å². The van der Waals surface area contributed by atoms with Crippen LogP contribution < -0.4 is 5.73 Å². The van der Waals surface area contributed by atoms with Gasteiger partial charge in [0.25, 0.3) is 0 Å². The fourth-order valence-electron chi connectivity index (χ4n) is 1.22. The molecule has 0 saturated carbocycles.